The van der Waals surface area contributed by atoms with Crippen LogP contribution in [0.25, 0.3) is 0 Å². The summed E-state index contributed by atoms with van der Waals surface area (Å²) in [5, 5.41) is 24.2. The predicted octanol–water partition coefficient (Wildman–Crippen LogP) is 2.40. The Morgan fingerprint density at radius 1 is 1.14 bits per heavy atom. The summed E-state index contributed by atoms with van der Waals surface area (Å²) < 4.78 is 5.03. The van der Waals surface area contributed by atoms with E-state index in [9.17, 15) is 24.8 Å². The molecule has 0 saturated heterocycles. The number of ether oxygens (including phenoxy) is 1. The van der Waals surface area contributed by atoms with Crippen LogP contribution in [0.5, 0.6) is 0 Å². The Morgan fingerprint density at radius 2 is 1.77 bits per heavy atom. The van der Waals surface area contributed by atoms with Crippen molar-refractivity contribution in [2.24, 2.45) is 11.7 Å². The highest BCUT2D eigenvalue weighted by Gasteiger charge is 2.52. The van der Waals surface area contributed by atoms with Crippen LogP contribution in [0.1, 0.15) is 37.8 Å². The van der Waals surface area contributed by atoms with Crippen LogP contribution >= 0.6 is 0 Å². The number of rotatable bonds is 7. The molecule has 1 aliphatic heterocycles. The number of benzene rings is 2. The van der Waals surface area contributed by atoms with Gasteiger partial charge in [-0.3, -0.25) is 10.1 Å². The minimum Gasteiger partial charge on any atom is -0.550 e. The lowest BCUT2D eigenvalue weighted by molar-refractivity contribution is -0.385. The number of carbonyl (C=O) groups is 2. The van der Waals surface area contributed by atoms with Crippen molar-refractivity contribution in [3.05, 3.63) is 87.1 Å². The Bertz CT molecular complexity index is 1100. The first-order valence-corrected chi connectivity index (χ1v) is 11.3. The van der Waals surface area contributed by atoms with E-state index in [2.05, 4.69) is 5.73 Å². The van der Waals surface area contributed by atoms with E-state index >= 15 is 0 Å². The summed E-state index contributed by atoms with van der Waals surface area (Å²) in [7, 11) is 2.73. The molecule has 0 amide bonds. The third-order valence-electron chi connectivity index (χ3n) is 6.55. The lowest BCUT2D eigenvalue weighted by Gasteiger charge is -2.55. The zero-order valence-corrected chi connectivity index (χ0v) is 20.7. The van der Waals surface area contributed by atoms with Crippen LogP contribution in [-0.2, 0) is 20.7 Å². The first-order valence-electron chi connectivity index (χ1n) is 11.3. The van der Waals surface area contributed by atoms with Crippen molar-refractivity contribution >= 4 is 17.6 Å². The second kappa shape index (κ2) is 11.6. The van der Waals surface area contributed by atoms with E-state index in [-0.39, 0.29) is 11.3 Å². The van der Waals surface area contributed by atoms with Gasteiger partial charge in [0.1, 0.15) is 0 Å². The van der Waals surface area contributed by atoms with Crippen molar-refractivity contribution in [2.75, 3.05) is 20.7 Å². The molecule has 2 N–H and O–H groups in total. The topological polar surface area (TPSA) is 139 Å². The summed E-state index contributed by atoms with van der Waals surface area (Å²) in [6.07, 6.45) is 0.373. The first kappa shape index (κ1) is 27.5. The van der Waals surface area contributed by atoms with Gasteiger partial charge in [-0.05, 0) is 45.4 Å². The molecule has 3 unspecified atom stereocenters. The van der Waals surface area contributed by atoms with Crippen LogP contribution in [0.2, 0.25) is 0 Å². The highest BCUT2D eigenvalue weighted by molar-refractivity contribution is 5.93. The second-order valence-corrected chi connectivity index (χ2v) is 8.38. The molecule has 9 heteroatoms. The normalized spacial score (nSPS) is 21.6. The van der Waals surface area contributed by atoms with E-state index in [1.54, 1.807) is 13.0 Å². The molecule has 1 heterocycles. The number of nitro groups is 1. The average molecular weight is 483 g/mol. The summed E-state index contributed by atoms with van der Waals surface area (Å²) >= 11 is 0. The molecule has 0 aromatic heterocycles. The minimum absolute atomic E-state index is 0.166. The van der Waals surface area contributed by atoms with Gasteiger partial charge in [0.2, 0.25) is 0 Å². The molecule has 1 aliphatic rings. The number of nitro benzene ring substituents is 1. The zero-order valence-electron chi connectivity index (χ0n) is 20.7. The number of likely N-dealkylation sites (N-methyl/N-ethyl adjacent to an activating group) is 1. The highest BCUT2D eigenvalue weighted by atomic mass is 16.6. The predicted molar refractivity (Wildman–Crippen MR) is 130 cm³/mol. The third kappa shape index (κ3) is 5.35. The Morgan fingerprint density at radius 3 is 2.29 bits per heavy atom. The second-order valence-electron chi connectivity index (χ2n) is 8.38. The van der Waals surface area contributed by atoms with Gasteiger partial charge < -0.3 is 25.3 Å². The van der Waals surface area contributed by atoms with Crippen LogP contribution in [0.4, 0.5) is 5.69 Å². The molecular weight excluding hydrogens is 450 g/mol. The highest BCUT2D eigenvalue weighted by Crippen LogP contribution is 2.49. The van der Waals surface area contributed by atoms with E-state index in [1.165, 1.54) is 32.4 Å². The Balaban J connectivity index is 0.00000210. The molecule has 188 valence electrons. The maximum absolute atomic E-state index is 12.9. The van der Waals surface area contributed by atoms with E-state index in [0.717, 1.165) is 5.56 Å². The maximum Gasteiger partial charge on any atom is 0.336 e. The van der Waals surface area contributed by atoms with Crippen molar-refractivity contribution in [1.82, 2.24) is 4.90 Å². The standard InChI is InChI=1S/C25H28N2O6.CH5N/c1-5-26-16(2)20(24(30)33-4)21(18-12-9-13-19(14-18)27(31)32)22(23(28)29)25(26,3)15-17-10-7-6-8-11-17;1-2/h6-14,21-22H,5,15H2,1-4H3,(H,28,29);2H2,1H3/p-1. The molecule has 0 saturated carbocycles. The number of carboxylic acids is 1. The van der Waals surface area contributed by atoms with Crippen molar-refractivity contribution in [2.45, 2.75) is 38.6 Å². The molecule has 0 fully saturated rings. The fraction of sp³-hybridized carbons (Fsp3) is 0.385. The van der Waals surface area contributed by atoms with Crippen molar-refractivity contribution in [1.29, 1.82) is 0 Å². The summed E-state index contributed by atoms with van der Waals surface area (Å²) in [6.45, 7) is 5.93. The molecule has 3 atom stereocenters. The number of nitrogens with two attached hydrogens (primary N) is 1. The number of carboxylic acid groups (broad SMARTS) is 1. The third-order valence-corrected chi connectivity index (χ3v) is 6.55. The molecule has 0 radical (unpaired) electrons. The van der Waals surface area contributed by atoms with Gasteiger partial charge in [0.05, 0.1) is 23.1 Å². The van der Waals surface area contributed by atoms with Gasteiger partial charge in [0.15, 0.2) is 0 Å². The zero-order chi connectivity index (χ0) is 26.3. The molecular formula is C26H32N3O6-. The summed E-state index contributed by atoms with van der Waals surface area (Å²) in [4.78, 5) is 38.4. The summed E-state index contributed by atoms with van der Waals surface area (Å²) in [5.41, 5.74) is 5.36. The Kier molecular flexibility index (Phi) is 9.13. The quantitative estimate of drug-likeness (QED) is 0.361. The molecule has 3 rings (SSSR count). The van der Waals surface area contributed by atoms with Crippen molar-refractivity contribution < 1.29 is 24.4 Å². The Labute approximate surface area is 205 Å². The molecule has 0 aliphatic carbocycles. The van der Waals surface area contributed by atoms with E-state index in [1.807, 2.05) is 49.1 Å². The summed E-state index contributed by atoms with van der Waals surface area (Å²) in [6, 6.07) is 15.2. The number of non-ortho nitro benzene ring substituents is 1. The molecule has 0 bridgehead atoms. The smallest absolute Gasteiger partial charge is 0.336 e. The van der Waals surface area contributed by atoms with E-state index in [4.69, 9.17) is 4.74 Å². The average Bonchev–Trinajstić information content (AvgIpc) is 2.85. The van der Waals surface area contributed by atoms with Crippen LogP contribution in [0.3, 0.4) is 0 Å². The summed E-state index contributed by atoms with van der Waals surface area (Å²) in [5.74, 6) is -4.18. The van der Waals surface area contributed by atoms with E-state index in [0.29, 0.717) is 24.2 Å². The minimum atomic E-state index is -1.34. The van der Waals surface area contributed by atoms with Crippen molar-refractivity contribution in [3.63, 3.8) is 0 Å². The monoisotopic (exact) mass is 482 g/mol. The number of nitrogens with zero attached hydrogens (tertiary/aromatic N) is 2. The molecule has 9 nitrogen and oxygen atoms in total. The largest absolute Gasteiger partial charge is 0.550 e. The van der Waals surface area contributed by atoms with Gasteiger partial charge in [-0.25, -0.2) is 4.79 Å². The van der Waals surface area contributed by atoms with E-state index < -0.39 is 34.2 Å². The number of allylic oxidation sites excluding steroid dienone is 1. The molecule has 2 aromatic rings. The number of carbonyl (C=O) groups excluding carboxylic acids is 2. The van der Waals surface area contributed by atoms with Crippen LogP contribution in [0, 0.1) is 16.0 Å². The number of esters is 1. The van der Waals surface area contributed by atoms with Gasteiger partial charge in [0.25, 0.3) is 5.69 Å². The van der Waals surface area contributed by atoms with Crippen LogP contribution in [-0.4, -0.2) is 48.0 Å². The van der Waals surface area contributed by atoms with Gasteiger partial charge in [0, 0.05) is 42.2 Å². The van der Waals surface area contributed by atoms with Gasteiger partial charge in [-0.1, -0.05) is 42.5 Å². The number of methoxy groups -OCH3 is 1. The van der Waals surface area contributed by atoms with Gasteiger partial charge in [-0.2, -0.15) is 0 Å². The lowest BCUT2D eigenvalue weighted by atomic mass is 9.64. The fourth-order valence-corrected chi connectivity index (χ4v) is 5.23. The van der Waals surface area contributed by atoms with Crippen molar-refractivity contribution in [3.8, 4) is 0 Å². The fourth-order valence-electron chi connectivity index (χ4n) is 5.23. The van der Waals surface area contributed by atoms with Crippen LogP contribution < -0.4 is 10.8 Å². The van der Waals surface area contributed by atoms with Gasteiger partial charge in [-0.15, -0.1) is 0 Å². The SMILES string of the molecule is CCN1C(C)=C(C(=O)OC)C(c2cccc([N+](=O)[O-])c2)C(C(=O)[O-])C1(C)Cc1ccccc1.CN. The number of hydrogen-bond donors (Lipinski definition) is 1. The number of hydrogen-bond acceptors (Lipinski definition) is 8. The molecule has 35 heavy (non-hydrogen) atoms. The first-order chi connectivity index (χ1) is 16.7. The van der Waals surface area contributed by atoms with Gasteiger partial charge >= 0.3 is 5.97 Å². The Hall–Kier alpha value is -3.72. The maximum atomic E-state index is 12.9. The molecule has 0 spiro atoms. The van der Waals surface area contributed by atoms with Crippen LogP contribution in [0.15, 0.2) is 65.9 Å². The lowest BCUT2D eigenvalue weighted by Crippen LogP contribution is -2.62. The number of aliphatic carboxylic acids is 1. The molecule has 2 aromatic carbocycles.